The molecule has 16 rings (SSSR count). The number of carbonyl (C=O) groups is 7. The molecule has 13 heterocycles. The maximum atomic E-state index is 13.1. The molecule has 0 spiro atoms. The Labute approximate surface area is 870 Å². The summed E-state index contributed by atoms with van der Waals surface area (Å²) in [7, 11) is 0. The fourth-order valence-electron chi connectivity index (χ4n) is 14.2. The molecule has 41 heteroatoms. The third-order valence-corrected chi connectivity index (χ3v) is 30.5. The van der Waals surface area contributed by atoms with E-state index in [2.05, 4.69) is 197 Å². The average Bonchev–Trinajstić information content (AvgIpc) is 1.23. The summed E-state index contributed by atoms with van der Waals surface area (Å²) in [4.78, 5) is 142. The fraction of sp³-hybridized carbons (Fsp3) is 0.350. The molecule has 144 heavy (non-hydrogen) atoms. The quantitative estimate of drug-likeness (QED) is 0.0134. The summed E-state index contributed by atoms with van der Waals surface area (Å²) in [6, 6.07) is 29.1. The number of hydrogen-bond acceptors (Lipinski definition) is 33. The van der Waals surface area contributed by atoms with E-state index in [1.54, 1.807) is 136 Å². The summed E-state index contributed by atoms with van der Waals surface area (Å²) in [6.07, 6.45) is 27.0. The summed E-state index contributed by atoms with van der Waals surface area (Å²) >= 11 is 12.8. The van der Waals surface area contributed by atoms with Crippen molar-refractivity contribution in [2.45, 2.75) is 227 Å². The maximum absolute atomic E-state index is 13.1. The minimum absolute atomic E-state index is 0.0563. The molecule has 8 N–H and O–H groups in total. The Morgan fingerprint density at radius 2 is 0.722 bits per heavy atom. The molecular formula is C103H119N21O12S8. The van der Waals surface area contributed by atoms with E-state index < -0.39 is 0 Å². The minimum atomic E-state index is -0.296. The number of oxazole rings is 4. The molecule has 7 amide bonds. The molecule has 0 unspecified atom stereocenters. The van der Waals surface area contributed by atoms with Gasteiger partial charge >= 0.3 is 0 Å². The van der Waals surface area contributed by atoms with Gasteiger partial charge in [-0.3, -0.25) is 43.3 Å². The molecule has 0 aliphatic carbocycles. The van der Waals surface area contributed by atoms with E-state index in [0.717, 1.165) is 121 Å². The molecule has 3 saturated heterocycles. The van der Waals surface area contributed by atoms with Gasteiger partial charge in [0, 0.05) is 109 Å². The van der Waals surface area contributed by atoms with Gasteiger partial charge in [-0.25, -0.2) is 39.9 Å². The van der Waals surface area contributed by atoms with Crippen molar-refractivity contribution in [3.05, 3.63) is 289 Å². The van der Waals surface area contributed by atoms with Gasteiger partial charge in [-0.2, -0.15) is 0 Å². The number of pyridine rings is 2. The summed E-state index contributed by atoms with van der Waals surface area (Å²) in [5.74, 6) is 8.13. The van der Waals surface area contributed by atoms with Crippen LogP contribution in [0.4, 0.5) is 49.0 Å². The van der Waals surface area contributed by atoms with E-state index in [0.29, 0.717) is 121 Å². The molecule has 0 bridgehead atoms. The number of amides is 7. The number of hydrogen-bond donors (Lipinski definition) is 8. The standard InChI is InChI=1S/C26H31N5O3S2.C26H27N5O3S2.C26H31N5O3S2.C25H30N6O3S2/c2*1-5-21(32)29-18-8-6-17(7-9-18)14-31-15-19(10-11-23(31)33)30-25-28-13-24(36-25)35-16-22-27-12-20(34-22)26(2,3)4;1-5-21(32)29-18-10-8-17(9-11-18)15-31-12-6-7-19(24(31)33)30-25-28-14-23(36-25)35-16-22-27-13-20(34-22)26(2,3)4;1-5-20(32)29-16-6-7-17(26-10-16)13-31-14-18(8-9-22(31)33)30-24-28-12-23(36-24)35-15-21-27-11-19(34-21)25(2,3)4/h5-9,12-13,19H,1,10-11,14-16H2,2-4H3,(H,28,30)(H,29,32);5-13,15H,1,14,16H2,2-4H3,(H,28,30)(H,29,32);5,8-11,13-14,19H,1,6-7,12,15-16H2,2-4H3,(H,28,30)(H,29,32);5-7,10-12,18H,1,8-9,13-15H2,2-4H3,(H,28,30)(H,29,32)/t19-;;19-;18-/m1.11/s1. The summed E-state index contributed by atoms with van der Waals surface area (Å²) in [5.41, 5.74) is 6.76. The summed E-state index contributed by atoms with van der Waals surface area (Å²) < 4.78 is 29.3. The Bertz CT molecular complexity index is 6350. The lowest BCUT2D eigenvalue weighted by Crippen LogP contribution is -2.47. The maximum Gasteiger partial charge on any atom is 0.250 e. The number of thioether (sulfide) groups is 4. The van der Waals surface area contributed by atoms with Gasteiger partial charge in [-0.1, -0.05) is 191 Å². The molecule has 10 aromatic heterocycles. The SMILES string of the molecule is C=CC(=O)Nc1ccc(CN2CCC[C@@H](Nc3ncc(SCc4ncc(C(C)(C)C)o4)s3)C2=O)cc1.C=CC(=O)Nc1ccc(CN2C[C@H](Nc3ncc(SCc4ncc(C(C)(C)C)o4)s3)CCC2=O)cc1.C=CC(=O)Nc1ccc(CN2C[C@H](Nc3ncc(SCc4ncc(C(C)(C)C)o4)s3)CCC2=O)nc1.C=CC(=O)Nc1ccc(Cn2cc(Nc3ncc(SCc4ncc(C(C)(C)C)o4)s3)ccc2=O)cc1. The lowest BCUT2D eigenvalue weighted by atomic mass is 9.94. The van der Waals surface area contributed by atoms with Crippen LogP contribution in [0.5, 0.6) is 0 Å². The summed E-state index contributed by atoms with van der Waals surface area (Å²) in [6.45, 7) is 42.8. The number of likely N-dealkylation sites (tertiary alicyclic amines) is 3. The first kappa shape index (κ1) is 108. The highest BCUT2D eigenvalue weighted by molar-refractivity contribution is 8.01. The fourth-order valence-corrected chi connectivity index (χ4v) is 21.3. The summed E-state index contributed by atoms with van der Waals surface area (Å²) in [5, 5.41) is 27.6. The molecule has 3 aromatic carbocycles. The zero-order valence-electron chi connectivity index (χ0n) is 82.4. The predicted octanol–water partition coefficient (Wildman–Crippen LogP) is 21.5. The normalized spacial score (nSPS) is 14.9. The van der Waals surface area contributed by atoms with Crippen molar-refractivity contribution < 1.29 is 51.2 Å². The molecule has 3 atom stereocenters. The predicted molar refractivity (Wildman–Crippen MR) is 576 cm³/mol. The Morgan fingerprint density at radius 1 is 0.382 bits per heavy atom. The van der Waals surface area contributed by atoms with Crippen LogP contribution in [-0.4, -0.2) is 143 Å². The van der Waals surface area contributed by atoms with E-state index in [1.165, 1.54) is 53.0 Å². The number of aromatic nitrogens is 10. The molecule has 33 nitrogen and oxygen atoms in total. The first-order valence-electron chi connectivity index (χ1n) is 46.5. The van der Waals surface area contributed by atoms with Crippen LogP contribution in [0.15, 0.2) is 249 Å². The van der Waals surface area contributed by atoms with Gasteiger partial charge in [0.1, 0.15) is 29.1 Å². The van der Waals surface area contributed by atoms with Crippen molar-refractivity contribution in [3.8, 4) is 0 Å². The second kappa shape index (κ2) is 50.5. The lowest BCUT2D eigenvalue weighted by Gasteiger charge is -2.33. The number of carbonyl (C=O) groups excluding carboxylic acids is 7. The van der Waals surface area contributed by atoms with Gasteiger partial charge in [-0.05, 0) is 121 Å². The number of rotatable bonds is 36. The van der Waals surface area contributed by atoms with Crippen molar-refractivity contribution in [1.29, 1.82) is 0 Å². The zero-order valence-corrected chi connectivity index (χ0v) is 88.9. The molecule has 0 saturated carbocycles. The molecular weight excluding hydrogens is 1980 g/mol. The second-order valence-corrected chi connectivity index (χ2v) is 47.1. The van der Waals surface area contributed by atoms with Gasteiger partial charge < -0.3 is 79.5 Å². The van der Waals surface area contributed by atoms with Crippen LogP contribution in [0.1, 0.15) is 191 Å². The van der Waals surface area contributed by atoms with E-state index in [4.69, 9.17) is 17.7 Å². The molecule has 3 aliphatic heterocycles. The smallest absolute Gasteiger partial charge is 0.250 e. The second-order valence-electron chi connectivity index (χ2n) is 37.9. The number of thiazole rings is 4. The Hall–Kier alpha value is -13.0. The van der Waals surface area contributed by atoms with Crippen molar-refractivity contribution >= 4 is 183 Å². The van der Waals surface area contributed by atoms with E-state index in [-0.39, 0.29) is 86.7 Å². The van der Waals surface area contributed by atoms with Crippen LogP contribution in [-0.2, 0) is 104 Å². The monoisotopic (exact) mass is 2100 g/mol. The van der Waals surface area contributed by atoms with E-state index >= 15 is 0 Å². The number of anilines is 9. The van der Waals surface area contributed by atoms with Gasteiger partial charge in [0.2, 0.25) is 64.9 Å². The Kier molecular flexibility index (Phi) is 37.9. The molecule has 0 radical (unpaired) electrons. The van der Waals surface area contributed by atoms with Crippen LogP contribution in [0, 0.1) is 0 Å². The van der Waals surface area contributed by atoms with Crippen molar-refractivity contribution in [2.24, 2.45) is 0 Å². The van der Waals surface area contributed by atoms with Crippen LogP contribution >= 0.6 is 92.4 Å². The first-order chi connectivity index (χ1) is 68.8. The number of nitrogens with one attached hydrogen (secondary N) is 8. The Morgan fingerprint density at radius 3 is 1.09 bits per heavy atom. The zero-order chi connectivity index (χ0) is 103. The van der Waals surface area contributed by atoms with Crippen molar-refractivity contribution in [1.82, 2.24) is 64.1 Å². The van der Waals surface area contributed by atoms with Gasteiger partial charge in [0.15, 0.2) is 20.5 Å². The number of piperidine rings is 3. The minimum Gasteiger partial charge on any atom is -0.444 e. The number of nitrogens with zero attached hydrogens (tertiary/aromatic N) is 13. The van der Waals surface area contributed by atoms with Gasteiger partial charge in [0.25, 0.3) is 5.56 Å². The highest BCUT2D eigenvalue weighted by Crippen LogP contribution is 2.39. The average molecular weight is 2100 g/mol. The van der Waals surface area contributed by atoms with E-state index in [1.807, 2.05) is 106 Å². The third-order valence-electron chi connectivity index (χ3n) is 22.1. The molecule has 3 aliphatic rings. The van der Waals surface area contributed by atoms with Crippen molar-refractivity contribution in [2.75, 3.05) is 62.2 Å². The van der Waals surface area contributed by atoms with Crippen LogP contribution in [0.2, 0.25) is 0 Å². The highest BCUT2D eigenvalue weighted by Gasteiger charge is 2.33. The Balaban J connectivity index is 0.000000161. The lowest BCUT2D eigenvalue weighted by molar-refractivity contribution is -0.135. The number of benzene rings is 3. The van der Waals surface area contributed by atoms with Crippen LogP contribution < -0.4 is 48.1 Å². The van der Waals surface area contributed by atoms with Crippen LogP contribution in [0.25, 0.3) is 0 Å². The largest absolute Gasteiger partial charge is 0.444 e. The van der Waals surface area contributed by atoms with Gasteiger partial charge in [0.05, 0.1) is 126 Å². The molecule has 13 aromatic rings. The first-order valence-corrected chi connectivity index (χ1v) is 53.7. The highest BCUT2D eigenvalue weighted by atomic mass is 32.2. The molecule has 3 fully saturated rings. The van der Waals surface area contributed by atoms with Gasteiger partial charge in [-0.15, -0.1) is 47.0 Å². The molecule has 756 valence electrons. The van der Waals surface area contributed by atoms with E-state index in [9.17, 15) is 38.4 Å². The van der Waals surface area contributed by atoms with Crippen molar-refractivity contribution in [3.63, 3.8) is 0 Å². The third kappa shape index (κ3) is 33.3. The topological polar surface area (TPSA) is 416 Å². The van der Waals surface area contributed by atoms with Crippen LogP contribution in [0.3, 0.4) is 0 Å².